The molecule has 0 fully saturated rings. The van der Waals surface area contributed by atoms with E-state index in [1.165, 1.54) is 0 Å². The molecule has 0 saturated carbocycles. The van der Waals surface area contributed by atoms with Crippen LogP contribution in [0.4, 0.5) is 0 Å². The molecule has 0 bridgehead atoms. The first-order valence-corrected chi connectivity index (χ1v) is 2.34. The van der Waals surface area contributed by atoms with Gasteiger partial charge in [0, 0.05) is 13.0 Å². The van der Waals surface area contributed by atoms with Gasteiger partial charge in [-0.1, -0.05) is 0 Å². The molecule has 0 aromatic heterocycles. The summed E-state index contributed by atoms with van der Waals surface area (Å²) < 4.78 is 0. The minimum absolute atomic E-state index is 0.139. The van der Waals surface area contributed by atoms with Crippen LogP contribution < -0.4 is 0 Å². The predicted molar refractivity (Wildman–Crippen MR) is 30.9 cm³/mol. The predicted octanol–water partition coefficient (Wildman–Crippen LogP) is -1.26. The van der Waals surface area contributed by atoms with Crippen molar-refractivity contribution in [2.75, 3.05) is 6.61 Å². The first kappa shape index (κ1) is 11.1. The summed E-state index contributed by atoms with van der Waals surface area (Å²) in [6, 6.07) is 0. The van der Waals surface area contributed by atoms with Gasteiger partial charge in [0.25, 0.3) is 0 Å². The Morgan fingerprint density at radius 2 is 2.00 bits per heavy atom. The molecule has 54 valence electrons. The molecular formula is C5H10O4. The molecule has 0 aromatic carbocycles. The van der Waals surface area contributed by atoms with Crippen LogP contribution in [0.5, 0.6) is 0 Å². The minimum atomic E-state index is -0.981. The maximum Gasteiger partial charge on any atom is 0.148 e. The highest BCUT2D eigenvalue weighted by molar-refractivity contribution is 5.55. The summed E-state index contributed by atoms with van der Waals surface area (Å²) in [5.41, 5.74) is 0. The van der Waals surface area contributed by atoms with Crippen molar-refractivity contribution >= 4 is 13.1 Å². The summed E-state index contributed by atoms with van der Waals surface area (Å²) in [4.78, 5) is 17.5. The molecule has 0 aromatic rings. The molecule has 0 aliphatic carbocycles. The highest BCUT2D eigenvalue weighted by atomic mass is 16.3. The van der Waals surface area contributed by atoms with E-state index >= 15 is 0 Å². The molecule has 0 aliphatic heterocycles. The zero-order chi connectivity index (χ0) is 7.70. The van der Waals surface area contributed by atoms with Gasteiger partial charge >= 0.3 is 0 Å². The second-order valence-corrected chi connectivity index (χ2v) is 1.22. The molecule has 1 atom stereocenters. The Morgan fingerprint density at radius 3 is 2.11 bits per heavy atom. The van der Waals surface area contributed by atoms with E-state index in [0.29, 0.717) is 6.29 Å². The van der Waals surface area contributed by atoms with E-state index in [2.05, 4.69) is 0 Å². The van der Waals surface area contributed by atoms with Crippen LogP contribution in [0.2, 0.25) is 0 Å². The quantitative estimate of drug-likeness (QED) is 0.472. The van der Waals surface area contributed by atoms with Crippen LogP contribution in [0.3, 0.4) is 0 Å². The Morgan fingerprint density at radius 1 is 1.56 bits per heavy atom. The molecule has 0 rings (SSSR count). The summed E-state index contributed by atoms with van der Waals surface area (Å²) in [6.07, 6.45) is -0.440. The number of hydrogen-bond donors (Lipinski definition) is 2. The summed E-state index contributed by atoms with van der Waals surface area (Å²) >= 11 is 0. The lowest BCUT2D eigenvalue weighted by molar-refractivity contribution is -0.115. The first-order valence-electron chi connectivity index (χ1n) is 2.34. The van der Waals surface area contributed by atoms with Gasteiger partial charge < -0.3 is 19.8 Å². The van der Waals surface area contributed by atoms with Crippen molar-refractivity contribution < 1.29 is 19.8 Å². The van der Waals surface area contributed by atoms with Gasteiger partial charge in [0.15, 0.2) is 0 Å². The average molecular weight is 134 g/mol. The van der Waals surface area contributed by atoms with Crippen LogP contribution in [0.25, 0.3) is 0 Å². The number of rotatable bonds is 3. The molecule has 1 unspecified atom stereocenters. The van der Waals surface area contributed by atoms with E-state index in [1.807, 2.05) is 6.79 Å². The van der Waals surface area contributed by atoms with Crippen LogP contribution in [-0.4, -0.2) is 36.0 Å². The summed E-state index contributed by atoms with van der Waals surface area (Å²) in [5, 5.41) is 16.4. The SMILES string of the molecule is C=O.O=CC(O)CCO. The highest BCUT2D eigenvalue weighted by Gasteiger charge is 1.96. The third-order valence-corrected chi connectivity index (χ3v) is 0.582. The molecule has 0 amide bonds. The van der Waals surface area contributed by atoms with Gasteiger partial charge in [-0.3, -0.25) is 0 Å². The van der Waals surface area contributed by atoms with Gasteiger partial charge in [-0.05, 0) is 0 Å². The zero-order valence-corrected chi connectivity index (χ0v) is 4.99. The largest absolute Gasteiger partial charge is 0.396 e. The fraction of sp³-hybridized carbons (Fsp3) is 0.600. The van der Waals surface area contributed by atoms with Crippen molar-refractivity contribution in [1.82, 2.24) is 0 Å². The Balaban J connectivity index is 0. The Bertz CT molecular complexity index is 64.0. The van der Waals surface area contributed by atoms with Gasteiger partial charge in [0.2, 0.25) is 0 Å². The van der Waals surface area contributed by atoms with Crippen LogP contribution in [0, 0.1) is 0 Å². The molecule has 0 radical (unpaired) electrons. The standard InChI is InChI=1S/C4H8O3.CH2O/c5-2-1-4(7)3-6;1-2/h3-5,7H,1-2H2;1H2. The van der Waals surface area contributed by atoms with Crippen molar-refractivity contribution in [2.45, 2.75) is 12.5 Å². The number of aliphatic hydroxyl groups is 2. The Labute approximate surface area is 53.1 Å². The van der Waals surface area contributed by atoms with Crippen LogP contribution in [0.15, 0.2) is 0 Å². The highest BCUT2D eigenvalue weighted by Crippen LogP contribution is 1.81. The van der Waals surface area contributed by atoms with Gasteiger partial charge in [-0.25, -0.2) is 0 Å². The van der Waals surface area contributed by atoms with Crippen molar-refractivity contribution in [2.24, 2.45) is 0 Å². The van der Waals surface area contributed by atoms with E-state index in [1.54, 1.807) is 0 Å². The van der Waals surface area contributed by atoms with Gasteiger partial charge in [-0.2, -0.15) is 0 Å². The average Bonchev–Trinajstić information content (AvgIpc) is 1.93. The normalized spacial score (nSPS) is 10.9. The third-order valence-electron chi connectivity index (χ3n) is 0.582. The molecule has 4 nitrogen and oxygen atoms in total. The van der Waals surface area contributed by atoms with E-state index in [9.17, 15) is 4.79 Å². The number of carbonyl (C=O) groups excluding carboxylic acids is 2. The van der Waals surface area contributed by atoms with E-state index in [-0.39, 0.29) is 13.0 Å². The monoisotopic (exact) mass is 134 g/mol. The second kappa shape index (κ2) is 10.3. The molecule has 0 saturated heterocycles. The lowest BCUT2D eigenvalue weighted by Gasteiger charge is -1.94. The summed E-state index contributed by atoms with van der Waals surface area (Å²) in [6.45, 7) is 1.86. The molecule has 0 heterocycles. The number of aliphatic hydroxyl groups excluding tert-OH is 2. The van der Waals surface area contributed by atoms with E-state index in [4.69, 9.17) is 15.0 Å². The zero-order valence-electron chi connectivity index (χ0n) is 4.99. The van der Waals surface area contributed by atoms with E-state index in [0.717, 1.165) is 0 Å². The number of aldehydes is 1. The summed E-state index contributed by atoms with van der Waals surface area (Å²) in [5.74, 6) is 0. The molecule has 9 heavy (non-hydrogen) atoms. The van der Waals surface area contributed by atoms with Gasteiger partial charge in [0.05, 0.1) is 0 Å². The molecule has 4 heteroatoms. The Hall–Kier alpha value is -0.740. The summed E-state index contributed by atoms with van der Waals surface area (Å²) in [7, 11) is 0. The van der Waals surface area contributed by atoms with Gasteiger partial charge in [-0.15, -0.1) is 0 Å². The molecular weight excluding hydrogens is 124 g/mol. The maximum atomic E-state index is 9.53. The third kappa shape index (κ3) is 11.1. The van der Waals surface area contributed by atoms with Crippen LogP contribution in [0.1, 0.15) is 6.42 Å². The van der Waals surface area contributed by atoms with Crippen LogP contribution >= 0.6 is 0 Å². The number of carbonyl (C=O) groups is 2. The van der Waals surface area contributed by atoms with Crippen LogP contribution in [-0.2, 0) is 9.59 Å². The fourth-order valence-electron chi connectivity index (χ4n) is 0.200. The van der Waals surface area contributed by atoms with Crippen molar-refractivity contribution in [3.8, 4) is 0 Å². The molecule has 0 spiro atoms. The van der Waals surface area contributed by atoms with Gasteiger partial charge in [0.1, 0.15) is 19.2 Å². The Kier molecular flexibility index (Phi) is 12.7. The number of hydrogen-bond acceptors (Lipinski definition) is 4. The minimum Gasteiger partial charge on any atom is -0.396 e. The lowest BCUT2D eigenvalue weighted by Crippen LogP contribution is -2.08. The van der Waals surface area contributed by atoms with Crippen molar-refractivity contribution in [1.29, 1.82) is 0 Å². The fourth-order valence-corrected chi connectivity index (χ4v) is 0.200. The molecule has 2 N–H and O–H groups in total. The molecule has 0 aliphatic rings. The first-order chi connectivity index (χ1) is 4.31. The smallest absolute Gasteiger partial charge is 0.148 e. The second-order valence-electron chi connectivity index (χ2n) is 1.22. The topological polar surface area (TPSA) is 74.6 Å². The van der Waals surface area contributed by atoms with Crippen molar-refractivity contribution in [3.63, 3.8) is 0 Å². The van der Waals surface area contributed by atoms with E-state index < -0.39 is 6.10 Å². The maximum absolute atomic E-state index is 9.53. The van der Waals surface area contributed by atoms with Crippen molar-refractivity contribution in [3.05, 3.63) is 0 Å². The lowest BCUT2D eigenvalue weighted by atomic mass is 10.3.